The molecule has 0 bridgehead atoms. The highest BCUT2D eigenvalue weighted by molar-refractivity contribution is 9.09. The van der Waals surface area contributed by atoms with E-state index in [1.807, 2.05) is 0 Å². The van der Waals surface area contributed by atoms with Gasteiger partial charge in [-0.05, 0) is 6.42 Å². The van der Waals surface area contributed by atoms with Crippen LogP contribution in [0.4, 0.5) is 0 Å². The smallest absolute Gasteiger partial charge is 0.308 e. The van der Waals surface area contributed by atoms with Crippen molar-refractivity contribution in [2.75, 3.05) is 7.11 Å². The van der Waals surface area contributed by atoms with E-state index in [4.69, 9.17) is 0 Å². The fraction of sp³-hybridized carbons (Fsp3) is 0.947. The molecule has 0 aromatic rings. The lowest BCUT2D eigenvalue weighted by molar-refractivity contribution is -0.142. The van der Waals surface area contributed by atoms with Crippen molar-refractivity contribution in [2.45, 2.75) is 108 Å². The van der Waals surface area contributed by atoms with E-state index in [0.29, 0.717) is 0 Å². The van der Waals surface area contributed by atoms with Crippen LogP contribution in [0, 0.1) is 0 Å². The zero-order valence-corrected chi connectivity index (χ0v) is 16.8. The van der Waals surface area contributed by atoms with Crippen LogP contribution in [0.3, 0.4) is 0 Å². The largest absolute Gasteiger partial charge is 0.469 e. The summed E-state index contributed by atoms with van der Waals surface area (Å²) >= 11 is 3.47. The lowest BCUT2D eigenvalue weighted by atomic mass is 10.0. The summed E-state index contributed by atoms with van der Waals surface area (Å²) in [6, 6.07) is 0. The number of carbonyl (C=O) groups excluding carboxylic acids is 1. The van der Waals surface area contributed by atoms with Crippen LogP contribution in [0.1, 0.15) is 96.8 Å². The van der Waals surface area contributed by atoms with E-state index in [-0.39, 0.29) is 17.2 Å². The summed E-state index contributed by atoms with van der Waals surface area (Å²) in [5, 5.41) is 9.85. The van der Waals surface area contributed by atoms with E-state index in [1.54, 1.807) is 0 Å². The second kappa shape index (κ2) is 16.8. The van der Waals surface area contributed by atoms with Crippen LogP contribution in [-0.4, -0.2) is 29.1 Å². The Labute approximate surface area is 151 Å². The third-order valence-corrected chi connectivity index (χ3v) is 5.42. The van der Waals surface area contributed by atoms with Gasteiger partial charge < -0.3 is 9.84 Å². The highest BCUT2D eigenvalue weighted by Crippen LogP contribution is 2.19. The van der Waals surface area contributed by atoms with Crippen LogP contribution in [-0.2, 0) is 9.53 Å². The summed E-state index contributed by atoms with van der Waals surface area (Å²) in [7, 11) is 1.35. The molecule has 0 saturated heterocycles. The molecule has 0 spiro atoms. The first kappa shape index (κ1) is 22.9. The van der Waals surface area contributed by atoms with E-state index in [0.717, 1.165) is 12.8 Å². The summed E-state index contributed by atoms with van der Waals surface area (Å²) in [5.41, 5.74) is 0. The molecule has 0 heterocycles. The Kier molecular flexibility index (Phi) is 16.7. The number of halogens is 1. The van der Waals surface area contributed by atoms with Crippen molar-refractivity contribution >= 4 is 21.9 Å². The molecule has 0 fully saturated rings. The van der Waals surface area contributed by atoms with Crippen molar-refractivity contribution in [2.24, 2.45) is 0 Å². The SMILES string of the molecule is CCCCCCCCCCCCCCC(Br)C(O)CC(=O)OC. The minimum Gasteiger partial charge on any atom is -0.469 e. The molecule has 0 aliphatic rings. The molecular formula is C19H37BrO3. The minimum absolute atomic E-state index is 0.00952. The molecule has 0 amide bonds. The van der Waals surface area contributed by atoms with Gasteiger partial charge in [0.25, 0.3) is 0 Å². The number of hydrogen-bond donors (Lipinski definition) is 1. The normalized spacial score (nSPS) is 13.7. The Balaban J connectivity index is 3.30. The maximum atomic E-state index is 11.1. The van der Waals surface area contributed by atoms with E-state index in [9.17, 15) is 9.90 Å². The molecule has 0 radical (unpaired) electrons. The molecule has 0 aromatic carbocycles. The predicted octanol–water partition coefficient (Wildman–Crippen LogP) is 5.77. The molecule has 0 aliphatic carbocycles. The number of aliphatic hydroxyl groups is 1. The van der Waals surface area contributed by atoms with Crippen molar-refractivity contribution in [3.05, 3.63) is 0 Å². The van der Waals surface area contributed by atoms with E-state index in [2.05, 4.69) is 27.6 Å². The Hall–Kier alpha value is -0.0900. The molecular weight excluding hydrogens is 356 g/mol. The van der Waals surface area contributed by atoms with Crippen LogP contribution in [0.15, 0.2) is 0 Å². The average Bonchev–Trinajstić information content (AvgIpc) is 2.55. The van der Waals surface area contributed by atoms with E-state index < -0.39 is 6.10 Å². The topological polar surface area (TPSA) is 46.5 Å². The second-order valence-electron chi connectivity index (χ2n) is 6.54. The highest BCUT2D eigenvalue weighted by Gasteiger charge is 2.19. The summed E-state index contributed by atoms with van der Waals surface area (Å²) in [6.07, 6.45) is 16.3. The molecule has 4 heteroatoms. The summed E-state index contributed by atoms with van der Waals surface area (Å²) in [4.78, 5) is 11.1. The number of rotatable bonds is 16. The average molecular weight is 393 g/mol. The lowest BCUT2D eigenvalue weighted by Crippen LogP contribution is -2.24. The summed E-state index contributed by atoms with van der Waals surface area (Å²) < 4.78 is 4.57. The predicted molar refractivity (Wildman–Crippen MR) is 101 cm³/mol. The molecule has 0 saturated carbocycles. The third kappa shape index (κ3) is 15.2. The Bertz CT molecular complexity index is 271. The Morgan fingerprint density at radius 3 is 1.78 bits per heavy atom. The van der Waals surface area contributed by atoms with Gasteiger partial charge in [0.05, 0.1) is 19.6 Å². The molecule has 3 nitrogen and oxygen atoms in total. The zero-order valence-electron chi connectivity index (χ0n) is 15.2. The van der Waals surface area contributed by atoms with E-state index in [1.165, 1.54) is 77.7 Å². The van der Waals surface area contributed by atoms with Gasteiger partial charge in [-0.25, -0.2) is 0 Å². The molecule has 0 rings (SSSR count). The minimum atomic E-state index is -0.643. The number of esters is 1. The molecule has 0 aliphatic heterocycles. The molecule has 23 heavy (non-hydrogen) atoms. The number of methoxy groups -OCH3 is 1. The van der Waals surface area contributed by atoms with Crippen molar-refractivity contribution in [1.82, 2.24) is 0 Å². The van der Waals surface area contributed by atoms with Gasteiger partial charge in [0.1, 0.15) is 0 Å². The van der Waals surface area contributed by atoms with Gasteiger partial charge in [-0.3, -0.25) is 4.79 Å². The van der Waals surface area contributed by atoms with Gasteiger partial charge in [-0.1, -0.05) is 99.9 Å². The number of ether oxygens (including phenoxy) is 1. The van der Waals surface area contributed by atoms with E-state index >= 15 is 0 Å². The Morgan fingerprint density at radius 1 is 0.913 bits per heavy atom. The number of unbranched alkanes of at least 4 members (excludes halogenated alkanes) is 11. The number of alkyl halides is 1. The van der Waals surface area contributed by atoms with Crippen molar-refractivity contribution in [3.8, 4) is 0 Å². The maximum Gasteiger partial charge on any atom is 0.308 e. The van der Waals surface area contributed by atoms with Gasteiger partial charge >= 0.3 is 5.97 Å². The van der Waals surface area contributed by atoms with Gasteiger partial charge in [-0.2, -0.15) is 0 Å². The van der Waals surface area contributed by atoms with Crippen LogP contribution < -0.4 is 0 Å². The quantitative estimate of drug-likeness (QED) is 0.206. The third-order valence-electron chi connectivity index (χ3n) is 4.35. The fourth-order valence-electron chi connectivity index (χ4n) is 2.75. The summed E-state index contributed by atoms with van der Waals surface area (Å²) in [5.74, 6) is -0.350. The van der Waals surface area contributed by atoms with Crippen LogP contribution in [0.2, 0.25) is 0 Å². The van der Waals surface area contributed by atoms with Crippen LogP contribution >= 0.6 is 15.9 Å². The first-order chi connectivity index (χ1) is 11.1. The highest BCUT2D eigenvalue weighted by atomic mass is 79.9. The number of carbonyl (C=O) groups is 1. The first-order valence-corrected chi connectivity index (χ1v) is 10.4. The van der Waals surface area contributed by atoms with Crippen LogP contribution in [0.25, 0.3) is 0 Å². The lowest BCUT2D eigenvalue weighted by Gasteiger charge is -2.15. The standard InChI is InChI=1S/C19H37BrO3/c1-3-4-5-6-7-8-9-10-11-12-13-14-15-17(20)18(21)16-19(22)23-2/h17-18,21H,3-16H2,1-2H3. The van der Waals surface area contributed by atoms with Crippen molar-refractivity contribution < 1.29 is 14.6 Å². The molecule has 2 atom stereocenters. The number of hydrogen-bond acceptors (Lipinski definition) is 3. The molecule has 0 aromatic heterocycles. The summed E-state index contributed by atoms with van der Waals surface area (Å²) in [6.45, 7) is 2.26. The fourth-order valence-corrected chi connectivity index (χ4v) is 3.27. The molecule has 2 unspecified atom stereocenters. The van der Waals surface area contributed by atoms with Gasteiger partial charge in [0.2, 0.25) is 0 Å². The van der Waals surface area contributed by atoms with Gasteiger partial charge in [0.15, 0.2) is 0 Å². The molecule has 138 valence electrons. The Morgan fingerprint density at radius 2 is 1.35 bits per heavy atom. The van der Waals surface area contributed by atoms with Crippen molar-refractivity contribution in [3.63, 3.8) is 0 Å². The van der Waals surface area contributed by atoms with Gasteiger partial charge in [-0.15, -0.1) is 0 Å². The second-order valence-corrected chi connectivity index (χ2v) is 7.72. The molecule has 1 N–H and O–H groups in total. The van der Waals surface area contributed by atoms with Gasteiger partial charge in [0, 0.05) is 4.83 Å². The number of aliphatic hydroxyl groups excluding tert-OH is 1. The monoisotopic (exact) mass is 392 g/mol. The van der Waals surface area contributed by atoms with Crippen molar-refractivity contribution in [1.29, 1.82) is 0 Å². The van der Waals surface area contributed by atoms with Crippen LogP contribution in [0.5, 0.6) is 0 Å². The zero-order chi connectivity index (χ0) is 17.3. The first-order valence-electron chi connectivity index (χ1n) is 9.50. The maximum absolute atomic E-state index is 11.1.